The number of halogens is 3. The molecule has 0 radical (unpaired) electrons. The topological polar surface area (TPSA) is 28.2 Å². The molecule has 1 aromatic heterocycles. The molecule has 1 N–H and O–H groups in total. The van der Waals surface area contributed by atoms with E-state index in [4.69, 9.17) is 34.8 Å². The molecule has 102 valence electrons. The van der Waals surface area contributed by atoms with Gasteiger partial charge in [0.25, 0.3) is 0 Å². The maximum atomic E-state index is 6.07. The number of anilines is 1. The van der Waals surface area contributed by atoms with E-state index < -0.39 is 0 Å². The molecular weight excluding hydrogens is 293 g/mol. The Kier molecular flexibility index (Phi) is 6.50. The highest BCUT2D eigenvalue weighted by molar-refractivity contribution is 6.42. The van der Waals surface area contributed by atoms with Gasteiger partial charge >= 0.3 is 0 Å². The fourth-order valence-electron chi connectivity index (χ4n) is 1.69. The number of likely N-dealkylation sites (N-methyl/N-ethyl adjacent to an activating group) is 1. The van der Waals surface area contributed by atoms with E-state index >= 15 is 0 Å². The van der Waals surface area contributed by atoms with Gasteiger partial charge in [0, 0.05) is 12.6 Å². The molecule has 1 rings (SSSR count). The summed E-state index contributed by atoms with van der Waals surface area (Å²) in [5.74, 6) is 0.575. The number of pyridine rings is 1. The van der Waals surface area contributed by atoms with Crippen LogP contribution < -0.4 is 5.32 Å². The molecular formula is C12H18Cl3N3. The van der Waals surface area contributed by atoms with Crippen LogP contribution in [0.2, 0.25) is 15.2 Å². The third-order valence-electron chi connectivity index (χ3n) is 2.70. The van der Waals surface area contributed by atoms with E-state index in [0.717, 1.165) is 19.6 Å². The van der Waals surface area contributed by atoms with Gasteiger partial charge in [-0.2, -0.15) is 0 Å². The fraction of sp³-hybridized carbons (Fsp3) is 0.583. The van der Waals surface area contributed by atoms with Crippen molar-refractivity contribution in [1.82, 2.24) is 9.88 Å². The van der Waals surface area contributed by atoms with Crippen molar-refractivity contribution in [2.45, 2.75) is 26.8 Å². The molecule has 0 bridgehead atoms. The summed E-state index contributed by atoms with van der Waals surface area (Å²) >= 11 is 17.8. The first-order chi connectivity index (χ1) is 8.47. The van der Waals surface area contributed by atoms with Crippen LogP contribution in [0.4, 0.5) is 5.82 Å². The van der Waals surface area contributed by atoms with Crippen molar-refractivity contribution < 1.29 is 0 Å². The molecule has 0 aliphatic heterocycles. The summed E-state index contributed by atoms with van der Waals surface area (Å²) in [7, 11) is 0. The summed E-state index contributed by atoms with van der Waals surface area (Å²) < 4.78 is 0. The fourth-order valence-corrected chi connectivity index (χ4v) is 2.25. The molecule has 0 aliphatic carbocycles. The zero-order chi connectivity index (χ0) is 13.7. The lowest BCUT2D eigenvalue weighted by atomic mass is 10.3. The van der Waals surface area contributed by atoms with E-state index in [1.807, 2.05) is 0 Å². The molecule has 0 fully saturated rings. The summed E-state index contributed by atoms with van der Waals surface area (Å²) in [6.45, 7) is 9.32. The molecule has 1 unspecified atom stereocenters. The highest BCUT2D eigenvalue weighted by Crippen LogP contribution is 2.29. The summed E-state index contributed by atoms with van der Waals surface area (Å²) in [6.07, 6.45) is 0. The quantitative estimate of drug-likeness (QED) is 0.799. The number of hydrogen-bond acceptors (Lipinski definition) is 3. The second-order valence-electron chi connectivity index (χ2n) is 4.12. The van der Waals surface area contributed by atoms with Crippen molar-refractivity contribution in [1.29, 1.82) is 0 Å². The number of nitrogens with one attached hydrogen (secondary N) is 1. The summed E-state index contributed by atoms with van der Waals surface area (Å²) in [6, 6.07) is 1.83. The first-order valence-corrected chi connectivity index (χ1v) is 7.11. The van der Waals surface area contributed by atoms with Gasteiger partial charge in [0.15, 0.2) is 0 Å². The molecule has 0 amide bonds. The lowest BCUT2D eigenvalue weighted by Crippen LogP contribution is -2.35. The van der Waals surface area contributed by atoms with Gasteiger partial charge in [-0.05, 0) is 26.1 Å². The Balaban J connectivity index is 2.69. The predicted octanol–water partition coefficient (Wildman–Crippen LogP) is 4.18. The predicted molar refractivity (Wildman–Crippen MR) is 80.1 cm³/mol. The highest BCUT2D eigenvalue weighted by Gasteiger charge is 2.12. The SMILES string of the molecule is CCN(CC)CC(C)Nc1nc(Cl)c(Cl)cc1Cl. The van der Waals surface area contributed by atoms with Crippen LogP contribution in [-0.2, 0) is 0 Å². The minimum absolute atomic E-state index is 0.229. The standard InChI is InChI=1S/C12H18Cl3N3/c1-4-18(5-2)7-8(3)16-12-10(14)6-9(13)11(15)17-12/h6,8H,4-5,7H2,1-3H3,(H,16,17). The van der Waals surface area contributed by atoms with E-state index in [2.05, 4.69) is 36.0 Å². The van der Waals surface area contributed by atoms with E-state index in [0.29, 0.717) is 15.9 Å². The largest absolute Gasteiger partial charge is 0.365 e. The normalized spacial score (nSPS) is 12.8. The van der Waals surface area contributed by atoms with Gasteiger partial charge in [-0.1, -0.05) is 48.7 Å². The van der Waals surface area contributed by atoms with Crippen molar-refractivity contribution in [2.75, 3.05) is 25.0 Å². The molecule has 0 spiro atoms. The minimum Gasteiger partial charge on any atom is -0.365 e. The van der Waals surface area contributed by atoms with Crippen LogP contribution in [0.15, 0.2) is 6.07 Å². The summed E-state index contributed by atoms with van der Waals surface area (Å²) in [5.41, 5.74) is 0. The number of nitrogens with zero attached hydrogens (tertiary/aromatic N) is 2. The van der Waals surface area contributed by atoms with Crippen molar-refractivity contribution in [2.24, 2.45) is 0 Å². The summed E-state index contributed by atoms with van der Waals surface area (Å²) in [5, 5.41) is 4.36. The van der Waals surface area contributed by atoms with Crippen LogP contribution in [0.3, 0.4) is 0 Å². The molecule has 1 heterocycles. The van der Waals surface area contributed by atoms with E-state index in [-0.39, 0.29) is 11.2 Å². The lowest BCUT2D eigenvalue weighted by Gasteiger charge is -2.24. The molecule has 18 heavy (non-hydrogen) atoms. The van der Waals surface area contributed by atoms with Gasteiger partial charge in [-0.15, -0.1) is 0 Å². The van der Waals surface area contributed by atoms with Crippen molar-refractivity contribution in [3.05, 3.63) is 21.3 Å². The first-order valence-electron chi connectivity index (χ1n) is 5.98. The lowest BCUT2D eigenvalue weighted by molar-refractivity contribution is 0.294. The monoisotopic (exact) mass is 309 g/mol. The Morgan fingerprint density at radius 2 is 1.83 bits per heavy atom. The molecule has 1 atom stereocenters. The van der Waals surface area contributed by atoms with Gasteiger partial charge in [0.2, 0.25) is 0 Å². The Hall–Kier alpha value is -0.220. The van der Waals surface area contributed by atoms with Crippen molar-refractivity contribution >= 4 is 40.6 Å². The van der Waals surface area contributed by atoms with Gasteiger partial charge in [-0.3, -0.25) is 0 Å². The maximum Gasteiger partial charge on any atom is 0.150 e. The average Bonchev–Trinajstić information content (AvgIpc) is 2.33. The molecule has 0 saturated carbocycles. The Labute approximate surface area is 123 Å². The van der Waals surface area contributed by atoms with Crippen LogP contribution in [0.5, 0.6) is 0 Å². The second kappa shape index (κ2) is 7.39. The van der Waals surface area contributed by atoms with E-state index in [1.54, 1.807) is 6.07 Å². The molecule has 0 aliphatic rings. The zero-order valence-electron chi connectivity index (χ0n) is 10.8. The molecule has 1 aromatic rings. The number of hydrogen-bond donors (Lipinski definition) is 1. The summed E-state index contributed by atoms with van der Waals surface area (Å²) in [4.78, 5) is 6.47. The molecule has 0 saturated heterocycles. The van der Waals surface area contributed by atoms with Gasteiger partial charge < -0.3 is 10.2 Å². The van der Waals surface area contributed by atoms with Crippen molar-refractivity contribution in [3.8, 4) is 0 Å². The van der Waals surface area contributed by atoms with Crippen molar-refractivity contribution in [3.63, 3.8) is 0 Å². The number of rotatable bonds is 6. The zero-order valence-corrected chi connectivity index (χ0v) is 13.1. The Bertz CT molecular complexity index is 394. The second-order valence-corrected chi connectivity index (χ2v) is 5.30. The highest BCUT2D eigenvalue weighted by atomic mass is 35.5. The van der Waals surface area contributed by atoms with E-state index in [1.165, 1.54) is 0 Å². The molecule has 3 nitrogen and oxygen atoms in total. The van der Waals surface area contributed by atoms with Crippen LogP contribution >= 0.6 is 34.8 Å². The van der Waals surface area contributed by atoms with E-state index in [9.17, 15) is 0 Å². The van der Waals surface area contributed by atoms with Gasteiger partial charge in [0.05, 0.1) is 10.0 Å². The van der Waals surface area contributed by atoms with Crippen LogP contribution in [0, 0.1) is 0 Å². The average molecular weight is 311 g/mol. The van der Waals surface area contributed by atoms with Crippen LogP contribution in [-0.4, -0.2) is 35.6 Å². The smallest absolute Gasteiger partial charge is 0.150 e. The Morgan fingerprint density at radius 1 is 1.22 bits per heavy atom. The van der Waals surface area contributed by atoms with Crippen LogP contribution in [0.1, 0.15) is 20.8 Å². The van der Waals surface area contributed by atoms with Gasteiger partial charge in [-0.25, -0.2) is 4.98 Å². The third kappa shape index (κ3) is 4.47. The Morgan fingerprint density at radius 3 is 2.39 bits per heavy atom. The minimum atomic E-state index is 0.229. The number of aromatic nitrogens is 1. The molecule has 0 aromatic carbocycles. The first kappa shape index (κ1) is 15.8. The maximum absolute atomic E-state index is 6.07. The molecule has 6 heteroatoms. The van der Waals surface area contributed by atoms with Gasteiger partial charge in [0.1, 0.15) is 11.0 Å². The third-order valence-corrected chi connectivity index (χ3v) is 3.66. The van der Waals surface area contributed by atoms with Crippen LogP contribution in [0.25, 0.3) is 0 Å².